The summed E-state index contributed by atoms with van der Waals surface area (Å²) in [7, 11) is 0. The maximum absolute atomic E-state index is 14.5. The van der Waals surface area contributed by atoms with E-state index >= 15 is 0 Å². The number of para-hydroxylation sites is 1. The quantitative estimate of drug-likeness (QED) is 0.197. The number of hydrogen-bond donors (Lipinski definition) is 1. The molecule has 4 aromatic rings. The Balaban J connectivity index is 1.53. The van der Waals surface area contributed by atoms with Crippen LogP contribution in [0.1, 0.15) is 42.8 Å². The van der Waals surface area contributed by atoms with Gasteiger partial charge in [-0.2, -0.15) is 0 Å². The molecule has 4 heterocycles. The van der Waals surface area contributed by atoms with Gasteiger partial charge in [-0.25, -0.2) is 0 Å². The molecule has 0 saturated carbocycles. The summed E-state index contributed by atoms with van der Waals surface area (Å²) in [6.07, 6.45) is 3.66. The molecule has 9 heteroatoms. The number of hydrogen-bond acceptors (Lipinski definition) is 7. The number of amides is 1. The highest BCUT2D eigenvalue weighted by atomic mass is 32.1. The molecule has 3 aliphatic rings. The largest absolute Gasteiger partial charge is 0.358 e. The molecule has 0 aliphatic carbocycles. The van der Waals surface area contributed by atoms with Gasteiger partial charge in [0.25, 0.3) is 5.69 Å². The number of nitrogens with zero attached hydrogens (tertiary/aromatic N) is 2. The molecule has 1 saturated heterocycles. The monoisotopic (exact) mass is 547 g/mol. The topological polar surface area (TPSA) is 110 Å². The summed E-state index contributed by atoms with van der Waals surface area (Å²) in [6.45, 7) is 0. The first-order valence-corrected chi connectivity index (χ1v) is 13.6. The lowest BCUT2D eigenvalue weighted by Crippen LogP contribution is -2.49. The second kappa shape index (κ2) is 8.82. The number of Topliss-reactive ketones (excluding diaryl/α,β-unsaturated/α-hetero) is 2. The van der Waals surface area contributed by atoms with Crippen LogP contribution in [0, 0.1) is 16.0 Å². The molecule has 1 amide bonds. The molecule has 1 fully saturated rings. The van der Waals surface area contributed by atoms with Crippen molar-refractivity contribution in [2.45, 2.75) is 17.5 Å². The number of nitrogens with one attached hydrogen (secondary N) is 1. The highest BCUT2D eigenvalue weighted by molar-refractivity contribution is 7.12. The van der Waals surface area contributed by atoms with Gasteiger partial charge in [0.15, 0.2) is 11.6 Å². The Bertz CT molecular complexity index is 1760. The third-order valence-corrected chi connectivity index (χ3v) is 9.11. The molecule has 4 atom stereocenters. The second-order valence-electron chi connectivity index (χ2n) is 10.1. The lowest BCUT2D eigenvalue weighted by atomic mass is 9.63. The van der Waals surface area contributed by atoms with E-state index in [1.807, 2.05) is 53.4 Å². The van der Waals surface area contributed by atoms with Crippen LogP contribution in [0.15, 0.2) is 96.5 Å². The van der Waals surface area contributed by atoms with Crippen LogP contribution in [0.25, 0.3) is 6.08 Å². The standard InChI is InChI=1S/C31H21N3O5S/c35-27(19-8-5-9-20(17-19)34(38)39)26-25(28(36)24-13-6-16-40-24)31(22-11-3-4-12-23(22)32-30(31)37)29-21-10-2-1-7-18(21)14-15-33(26)29/h1-17,25-26,29H,(H,32,37)/t25-,26+,29-,31-/m1/s1. The number of nitro groups is 1. The summed E-state index contributed by atoms with van der Waals surface area (Å²) in [4.78, 5) is 56.6. The van der Waals surface area contributed by atoms with Crippen molar-refractivity contribution < 1.29 is 19.3 Å². The van der Waals surface area contributed by atoms with Gasteiger partial charge in [0, 0.05) is 29.6 Å². The van der Waals surface area contributed by atoms with E-state index in [-0.39, 0.29) is 22.9 Å². The van der Waals surface area contributed by atoms with E-state index in [2.05, 4.69) is 5.32 Å². The van der Waals surface area contributed by atoms with Crippen LogP contribution < -0.4 is 5.32 Å². The fourth-order valence-corrected chi connectivity index (χ4v) is 7.39. The van der Waals surface area contributed by atoms with E-state index in [1.165, 1.54) is 35.6 Å². The Morgan fingerprint density at radius 3 is 2.55 bits per heavy atom. The molecular formula is C31H21N3O5S. The van der Waals surface area contributed by atoms with E-state index in [0.717, 1.165) is 11.1 Å². The van der Waals surface area contributed by atoms with Crippen molar-refractivity contribution in [3.05, 3.63) is 134 Å². The highest BCUT2D eigenvalue weighted by Crippen LogP contribution is 2.62. The Morgan fingerprint density at radius 2 is 1.75 bits per heavy atom. The van der Waals surface area contributed by atoms with E-state index < -0.39 is 34.1 Å². The van der Waals surface area contributed by atoms with Crippen molar-refractivity contribution in [2.24, 2.45) is 5.92 Å². The number of non-ortho nitro benzene ring substituents is 1. The molecular weight excluding hydrogens is 526 g/mol. The first-order valence-electron chi connectivity index (χ1n) is 12.7. The number of nitro benzene ring substituents is 1. The Hall–Kier alpha value is -4.89. The number of ketones is 2. The zero-order valence-electron chi connectivity index (χ0n) is 20.9. The van der Waals surface area contributed by atoms with Crippen LogP contribution in [0.5, 0.6) is 0 Å². The minimum Gasteiger partial charge on any atom is -0.358 e. The highest BCUT2D eigenvalue weighted by Gasteiger charge is 2.70. The molecule has 0 unspecified atom stereocenters. The van der Waals surface area contributed by atoms with Crippen molar-refractivity contribution >= 4 is 46.3 Å². The van der Waals surface area contributed by atoms with E-state index in [9.17, 15) is 24.5 Å². The average molecular weight is 548 g/mol. The third-order valence-electron chi connectivity index (χ3n) is 8.23. The van der Waals surface area contributed by atoms with Crippen LogP contribution in [0.4, 0.5) is 11.4 Å². The summed E-state index contributed by atoms with van der Waals surface area (Å²) >= 11 is 1.26. The van der Waals surface area contributed by atoms with Crippen LogP contribution in [0.2, 0.25) is 0 Å². The number of thiophene rings is 1. The Morgan fingerprint density at radius 1 is 0.950 bits per heavy atom. The molecule has 3 aromatic carbocycles. The second-order valence-corrected chi connectivity index (χ2v) is 11.0. The molecule has 0 radical (unpaired) electrons. The van der Waals surface area contributed by atoms with Gasteiger partial charge in [0.2, 0.25) is 5.91 Å². The van der Waals surface area contributed by atoms with Crippen LogP contribution >= 0.6 is 11.3 Å². The number of carbonyl (C=O) groups is 3. The normalized spacial score (nSPS) is 23.9. The van der Waals surface area contributed by atoms with E-state index in [4.69, 9.17) is 0 Å². The first-order chi connectivity index (χ1) is 19.4. The van der Waals surface area contributed by atoms with Crippen LogP contribution in [0.3, 0.4) is 0 Å². The summed E-state index contributed by atoms with van der Waals surface area (Å²) in [5.41, 5.74) is 1.44. The van der Waals surface area contributed by atoms with Crippen molar-refractivity contribution in [1.29, 1.82) is 0 Å². The smallest absolute Gasteiger partial charge is 0.270 e. The summed E-state index contributed by atoms with van der Waals surface area (Å²) in [5, 5.41) is 16.3. The Kier molecular flexibility index (Phi) is 5.33. The van der Waals surface area contributed by atoms with Crippen molar-refractivity contribution in [3.8, 4) is 0 Å². The molecule has 7 rings (SSSR count). The average Bonchev–Trinajstić information content (AvgIpc) is 3.69. The minimum absolute atomic E-state index is 0.109. The fraction of sp³-hybridized carbons (Fsp3) is 0.129. The Labute approximate surface area is 232 Å². The predicted molar refractivity (Wildman–Crippen MR) is 150 cm³/mol. The van der Waals surface area contributed by atoms with Crippen LogP contribution in [-0.2, 0) is 10.2 Å². The maximum Gasteiger partial charge on any atom is 0.270 e. The predicted octanol–water partition coefficient (Wildman–Crippen LogP) is 5.64. The number of carbonyl (C=O) groups excluding carboxylic acids is 3. The number of anilines is 1. The van der Waals surface area contributed by atoms with Crippen molar-refractivity contribution in [2.75, 3.05) is 5.32 Å². The van der Waals surface area contributed by atoms with E-state index in [0.29, 0.717) is 16.1 Å². The van der Waals surface area contributed by atoms with Gasteiger partial charge >= 0.3 is 0 Å². The molecule has 0 bridgehead atoms. The molecule has 8 nitrogen and oxygen atoms in total. The van der Waals surface area contributed by atoms with Gasteiger partial charge in [0.05, 0.1) is 21.8 Å². The molecule has 3 aliphatic heterocycles. The lowest BCUT2D eigenvalue weighted by molar-refractivity contribution is -0.384. The van der Waals surface area contributed by atoms with Gasteiger partial charge < -0.3 is 10.2 Å². The maximum atomic E-state index is 14.5. The number of rotatable bonds is 5. The van der Waals surface area contributed by atoms with Gasteiger partial charge in [-0.05, 0) is 40.3 Å². The first kappa shape index (κ1) is 24.2. The third kappa shape index (κ3) is 3.21. The van der Waals surface area contributed by atoms with Gasteiger partial charge in [0.1, 0.15) is 11.5 Å². The zero-order chi connectivity index (χ0) is 27.6. The molecule has 1 N–H and O–H groups in total. The summed E-state index contributed by atoms with van der Waals surface area (Å²) < 4.78 is 0. The van der Waals surface area contributed by atoms with Gasteiger partial charge in [-0.3, -0.25) is 24.5 Å². The zero-order valence-corrected chi connectivity index (χ0v) is 21.7. The van der Waals surface area contributed by atoms with E-state index in [1.54, 1.807) is 29.8 Å². The van der Waals surface area contributed by atoms with Gasteiger partial charge in [-0.15, -0.1) is 11.3 Å². The molecule has 1 aromatic heterocycles. The molecule has 40 heavy (non-hydrogen) atoms. The molecule has 196 valence electrons. The fourth-order valence-electron chi connectivity index (χ4n) is 6.68. The van der Waals surface area contributed by atoms with Crippen molar-refractivity contribution in [1.82, 2.24) is 4.90 Å². The molecule has 1 spiro atoms. The van der Waals surface area contributed by atoms with Crippen molar-refractivity contribution in [3.63, 3.8) is 0 Å². The SMILES string of the molecule is O=C(c1cccc([N+](=O)[O-])c1)[C@@H]1[C@H](C(=O)c2cccs2)[C@@]2(C(=O)Nc3ccccc32)[C@H]2c3ccccc3C=CN12. The summed E-state index contributed by atoms with van der Waals surface area (Å²) in [6, 6.07) is 22.2. The summed E-state index contributed by atoms with van der Waals surface area (Å²) in [5.74, 6) is -2.23. The number of fused-ring (bicyclic) bond motifs is 6. The number of benzene rings is 3. The minimum atomic E-state index is -1.43. The lowest BCUT2D eigenvalue weighted by Gasteiger charge is -2.38. The van der Waals surface area contributed by atoms with Gasteiger partial charge in [-0.1, -0.05) is 60.7 Å². The van der Waals surface area contributed by atoms with Crippen LogP contribution in [-0.4, -0.2) is 33.3 Å².